The second-order valence-corrected chi connectivity index (χ2v) is 49.2. The number of nitrogens with one attached hydrogen (secondary N) is 1. The average Bonchev–Trinajstić information content (AvgIpc) is 1.47. The Balaban J connectivity index is 1.33. The molecule has 514 valence electrons. The number of rotatable bonds is 29. The molecule has 2 saturated heterocycles. The molecule has 7 rings (SSSR count). The van der Waals surface area contributed by atoms with Gasteiger partial charge in [-0.3, -0.25) is 9.59 Å². The Hall–Kier alpha value is -2.32. The third-order valence-electron chi connectivity index (χ3n) is 24.5. The summed E-state index contributed by atoms with van der Waals surface area (Å²) < 4.78 is 77.2. The van der Waals surface area contributed by atoms with Gasteiger partial charge in [-0.05, 0) is 171 Å². The first kappa shape index (κ1) is 75.1. The lowest BCUT2D eigenvalue weighted by Gasteiger charge is -2.60. The minimum absolute atomic E-state index is 0.0152. The van der Waals surface area contributed by atoms with Gasteiger partial charge >= 0.3 is 11.9 Å². The largest absolute Gasteiger partial charge is 0.497 e. The minimum atomic E-state index is -2.52. The summed E-state index contributed by atoms with van der Waals surface area (Å²) in [6.07, 6.45) is -0.696. The van der Waals surface area contributed by atoms with Gasteiger partial charge in [-0.15, -0.1) is 0 Å². The molecule has 17 atom stereocenters. The predicted molar refractivity (Wildman–Crippen MR) is 364 cm³/mol. The van der Waals surface area contributed by atoms with Gasteiger partial charge in [0.05, 0.1) is 50.1 Å². The Morgan fingerprint density at radius 1 is 0.689 bits per heavy atom. The molecule has 6 aliphatic rings. The number of esters is 2. The molecule has 0 bridgehead atoms. The first-order chi connectivity index (χ1) is 42.3. The van der Waals surface area contributed by atoms with Crippen molar-refractivity contribution in [2.75, 3.05) is 26.9 Å². The molecule has 0 aromatic heterocycles. The number of carbonyl (C=O) groups excluding carboxylic acids is 3. The Bertz CT molecular complexity index is 2530. The highest BCUT2D eigenvalue weighted by Crippen LogP contribution is 2.69. The zero-order valence-corrected chi connectivity index (χ0v) is 63.6. The Kier molecular flexibility index (Phi) is 25.4. The highest BCUT2D eigenvalue weighted by atomic mass is 28.4. The van der Waals surface area contributed by atoms with Crippen LogP contribution in [0.5, 0.6) is 5.75 Å². The van der Waals surface area contributed by atoms with E-state index >= 15 is 0 Å². The summed E-state index contributed by atoms with van der Waals surface area (Å²) in [4.78, 5) is 43.5. The molecule has 90 heavy (non-hydrogen) atoms. The fraction of sp³-hybridized carbons (Fsp3) is 0.843. The molecule has 1 aromatic carbocycles. The average molecular weight is 1330 g/mol. The molecule has 2 N–H and O–H groups in total. The van der Waals surface area contributed by atoms with Gasteiger partial charge in [-0.2, -0.15) is 0 Å². The molecule has 0 unspecified atom stereocenters. The van der Waals surface area contributed by atoms with Crippen molar-refractivity contribution in [2.45, 2.75) is 309 Å². The van der Waals surface area contributed by atoms with Gasteiger partial charge in [-0.1, -0.05) is 129 Å². The molecule has 5 fully saturated rings. The molecule has 0 spiro atoms. The monoisotopic (exact) mass is 1330 g/mol. The van der Waals surface area contributed by atoms with Crippen molar-refractivity contribution in [3.63, 3.8) is 0 Å². The third kappa shape index (κ3) is 15.3. The minimum Gasteiger partial charge on any atom is -0.497 e. The molecule has 0 radical (unpaired) electrons. The Morgan fingerprint density at radius 3 is 1.72 bits per heavy atom. The fourth-order valence-corrected chi connectivity index (χ4v) is 26.7. The van der Waals surface area contributed by atoms with E-state index in [0.717, 1.165) is 86.5 Å². The number of hydrogen-bond acceptors (Lipinski definition) is 15. The van der Waals surface area contributed by atoms with Crippen molar-refractivity contribution < 1.29 is 70.4 Å². The Morgan fingerprint density at radius 2 is 1.21 bits per heavy atom. The van der Waals surface area contributed by atoms with Crippen LogP contribution in [0.15, 0.2) is 35.9 Å². The van der Waals surface area contributed by atoms with E-state index in [1.165, 1.54) is 12.5 Å². The number of fused-ring (bicyclic) bond motifs is 5. The maximum atomic E-state index is 14.9. The van der Waals surface area contributed by atoms with Crippen LogP contribution in [0, 0.1) is 40.4 Å². The maximum absolute atomic E-state index is 14.9. The predicted octanol–water partition coefficient (Wildman–Crippen LogP) is 14.9. The van der Waals surface area contributed by atoms with Crippen molar-refractivity contribution in [3.8, 4) is 5.75 Å². The number of allylic oxidation sites excluding steroid dienone is 1. The van der Waals surface area contributed by atoms with Crippen LogP contribution in [0.4, 0.5) is 0 Å². The number of methoxy groups -OCH3 is 1. The van der Waals surface area contributed by atoms with Crippen LogP contribution in [-0.2, 0) is 55.7 Å². The van der Waals surface area contributed by atoms with Crippen LogP contribution in [0.3, 0.4) is 0 Å². The highest BCUT2D eigenvalue weighted by Gasteiger charge is 2.71. The highest BCUT2D eigenvalue weighted by molar-refractivity contribution is 6.75. The van der Waals surface area contributed by atoms with Crippen molar-refractivity contribution >= 4 is 51.1 Å². The Labute approximate surface area is 547 Å². The number of carbonyl (C=O) groups is 3. The lowest BCUT2D eigenvalue weighted by atomic mass is 9.46. The summed E-state index contributed by atoms with van der Waals surface area (Å²) in [5.41, 5.74) is -0.672. The molecule has 3 saturated carbocycles. The number of benzene rings is 1. The SMILES string of the molecule is CC[Si](CC)(CC)O[C@@H]1[C@@H](OC(=O)c2ccc(OC)cc2)[C@H](O[C@@H]2[C@@H](OC(C)=O)[C@H](O[C@H]3C[C@H]4[C@@H]5CC=C6C[C@@H](O[Si](C)(C)C(C)(C)C)CC[C@]6(C)[C@H]5CC[C@]4(C)[C@@]3(O)[C@H](C)C(=O)NCC(C)C)OC[C@@H]2O[Si](CC)(CC)CC)OC[C@H]1O[Si](CC)(CC)CC. The molecule has 16 nitrogen and oxygen atoms in total. The number of amides is 1. The van der Waals surface area contributed by atoms with E-state index in [1.807, 2.05) is 6.92 Å². The molecule has 1 aromatic rings. The lowest BCUT2D eigenvalue weighted by molar-refractivity contribution is -0.342. The molecule has 20 heteroatoms. The molecular weight excluding hydrogens is 1210 g/mol. The molecule has 2 heterocycles. The van der Waals surface area contributed by atoms with Gasteiger partial charge in [0.2, 0.25) is 5.91 Å². The van der Waals surface area contributed by atoms with Gasteiger partial charge in [0, 0.05) is 25.0 Å². The topological polar surface area (TPSA) is 185 Å². The molecule has 2 aliphatic heterocycles. The van der Waals surface area contributed by atoms with E-state index in [0.29, 0.717) is 36.6 Å². The standard InChI is InChI=1S/C70H123NO15Si4/c1-22-88(23-2,24-3)84-56-44-77-65(80-58-42-55-53-36-33-50-41-52(83-87(20,21)67(14,15)16)37-39-68(50,17)54(53)38-40-69(55,18)70(58,75)47(12)63(73)71-43-46(10)11)61(79-48(13)72)59(56)82-66-62(81-64(74)49-31-34-51(76-19)35-32-49)60(86-90(28-7,29-8)30-9)57(45-78-66)85-89(25-4,26-5)27-6/h31-35,46-47,52-62,65-66,75H,22-30,36-45H2,1-21H3,(H,71,73)/t47-,52+,53-,54+,55+,56+,57-,58+,59+,60+,61-,62-,65+,66+,68+,69+,70-/m1/s1. The van der Waals surface area contributed by atoms with Crippen molar-refractivity contribution in [1.29, 1.82) is 0 Å². The van der Waals surface area contributed by atoms with E-state index in [4.69, 9.17) is 50.9 Å². The van der Waals surface area contributed by atoms with Crippen LogP contribution < -0.4 is 10.1 Å². The van der Waals surface area contributed by atoms with E-state index in [-0.39, 0.29) is 53.4 Å². The number of ether oxygens (including phenoxy) is 7. The van der Waals surface area contributed by atoms with Crippen molar-refractivity contribution in [2.24, 2.45) is 40.4 Å². The van der Waals surface area contributed by atoms with Crippen LogP contribution in [-0.4, -0.2) is 150 Å². The second kappa shape index (κ2) is 30.4. The van der Waals surface area contributed by atoms with Crippen LogP contribution >= 0.6 is 0 Å². The summed E-state index contributed by atoms with van der Waals surface area (Å²) in [5.74, 6) is -1.02. The number of hydrogen-bond donors (Lipinski definition) is 2. The van der Waals surface area contributed by atoms with Gasteiger partial charge in [0.15, 0.2) is 58.1 Å². The van der Waals surface area contributed by atoms with E-state index in [1.54, 1.807) is 31.4 Å². The molecular formula is C70H123NO15Si4. The lowest BCUT2D eigenvalue weighted by Crippen LogP contribution is -2.66. The summed E-state index contributed by atoms with van der Waals surface area (Å²) in [7, 11) is -7.80. The summed E-state index contributed by atoms with van der Waals surface area (Å²) in [6.45, 7) is 43.8. The first-order valence-corrected chi connectivity index (χ1v) is 45.8. The van der Waals surface area contributed by atoms with Crippen molar-refractivity contribution in [1.82, 2.24) is 5.32 Å². The first-order valence-electron chi connectivity index (χ1n) is 35.3. The van der Waals surface area contributed by atoms with E-state index in [9.17, 15) is 19.5 Å². The summed E-state index contributed by atoms with van der Waals surface area (Å²) >= 11 is 0. The third-order valence-corrected chi connectivity index (χ3v) is 43.1. The summed E-state index contributed by atoms with van der Waals surface area (Å²) in [6, 6.07) is 14.4. The van der Waals surface area contributed by atoms with Crippen molar-refractivity contribution in [3.05, 3.63) is 41.5 Å². The molecule has 1 amide bonds. The normalized spacial score (nSPS) is 33.7. The van der Waals surface area contributed by atoms with Crippen LogP contribution in [0.1, 0.15) is 180 Å². The van der Waals surface area contributed by atoms with E-state index in [2.05, 4.69) is 135 Å². The fourth-order valence-electron chi connectivity index (χ4n) is 16.8. The quantitative estimate of drug-likeness (QED) is 0.0438. The summed E-state index contributed by atoms with van der Waals surface area (Å²) in [5, 5.41) is 17.5. The van der Waals surface area contributed by atoms with Gasteiger partial charge in [0.25, 0.3) is 0 Å². The number of aliphatic hydroxyl groups is 1. The van der Waals surface area contributed by atoms with Gasteiger partial charge in [-0.25, -0.2) is 4.79 Å². The van der Waals surface area contributed by atoms with Crippen LogP contribution in [0.2, 0.25) is 72.5 Å². The zero-order valence-electron chi connectivity index (χ0n) is 59.6. The maximum Gasteiger partial charge on any atom is 0.338 e. The van der Waals surface area contributed by atoms with Gasteiger partial charge in [0.1, 0.15) is 23.6 Å². The smallest absolute Gasteiger partial charge is 0.338 e. The van der Waals surface area contributed by atoms with E-state index < -0.39 is 117 Å². The zero-order chi connectivity index (χ0) is 66.6. The van der Waals surface area contributed by atoms with Gasteiger partial charge < -0.3 is 61.3 Å². The van der Waals surface area contributed by atoms with Crippen LogP contribution in [0.25, 0.3) is 0 Å². The molecule has 4 aliphatic carbocycles. The second-order valence-electron chi connectivity index (χ2n) is 30.3.